The van der Waals surface area contributed by atoms with Crippen molar-refractivity contribution < 1.29 is 9.53 Å². The number of aromatic nitrogens is 4. The summed E-state index contributed by atoms with van der Waals surface area (Å²) in [4.78, 5) is 23.1. The number of fused-ring (bicyclic) bond motifs is 1. The number of carbonyl (C=O) groups excluding carboxylic acids is 1. The van der Waals surface area contributed by atoms with Gasteiger partial charge in [-0.15, -0.1) is 0 Å². The average Bonchev–Trinajstić information content (AvgIpc) is 2.95. The minimum atomic E-state index is -0.369. The van der Waals surface area contributed by atoms with Crippen molar-refractivity contribution in [1.29, 1.82) is 0 Å². The van der Waals surface area contributed by atoms with Crippen LogP contribution in [-0.2, 0) is 17.7 Å². The zero-order chi connectivity index (χ0) is 17.3. The van der Waals surface area contributed by atoms with Gasteiger partial charge in [-0.05, 0) is 36.7 Å². The van der Waals surface area contributed by atoms with Gasteiger partial charge in [0.15, 0.2) is 5.69 Å². The first-order chi connectivity index (χ1) is 11.5. The van der Waals surface area contributed by atoms with Crippen molar-refractivity contribution in [2.75, 3.05) is 18.1 Å². The molecular weight excluding hydrogens is 374 g/mol. The normalized spacial score (nSPS) is 14.0. The lowest BCUT2D eigenvalue weighted by molar-refractivity contribution is 0.0517. The van der Waals surface area contributed by atoms with Gasteiger partial charge < -0.3 is 9.64 Å². The molecule has 1 aliphatic heterocycles. The Bertz CT molecular complexity index is 742. The first-order valence-corrected chi connectivity index (χ1v) is 8.80. The molecule has 0 aromatic carbocycles. The summed E-state index contributed by atoms with van der Waals surface area (Å²) >= 11 is 3.34. The van der Waals surface area contributed by atoms with Crippen LogP contribution in [0.1, 0.15) is 48.6 Å². The van der Waals surface area contributed by atoms with Crippen LogP contribution in [0.3, 0.4) is 0 Å². The molecule has 128 valence electrons. The Morgan fingerprint density at radius 3 is 2.71 bits per heavy atom. The van der Waals surface area contributed by atoms with E-state index in [2.05, 4.69) is 49.7 Å². The maximum atomic E-state index is 12.3. The predicted octanol–water partition coefficient (Wildman–Crippen LogP) is 2.76. The van der Waals surface area contributed by atoms with Gasteiger partial charge in [0, 0.05) is 42.7 Å². The third-order valence-corrected chi connectivity index (χ3v) is 4.34. The van der Waals surface area contributed by atoms with Gasteiger partial charge in [0.05, 0.1) is 17.6 Å². The molecule has 0 unspecified atom stereocenters. The molecule has 0 N–H and O–H groups in total. The highest BCUT2D eigenvalue weighted by atomic mass is 79.9. The molecule has 1 aliphatic rings. The zero-order valence-electron chi connectivity index (χ0n) is 14.0. The van der Waals surface area contributed by atoms with Gasteiger partial charge in [-0.1, -0.05) is 0 Å². The summed E-state index contributed by atoms with van der Waals surface area (Å²) in [7, 11) is 0. The van der Waals surface area contributed by atoms with Gasteiger partial charge in [-0.3, -0.25) is 4.68 Å². The molecule has 0 amide bonds. The van der Waals surface area contributed by atoms with Gasteiger partial charge in [-0.25, -0.2) is 14.8 Å². The van der Waals surface area contributed by atoms with Gasteiger partial charge in [0.1, 0.15) is 0 Å². The zero-order valence-corrected chi connectivity index (χ0v) is 15.6. The molecule has 2 aromatic heterocycles. The van der Waals surface area contributed by atoms with Crippen molar-refractivity contribution in [2.45, 2.75) is 39.8 Å². The first-order valence-electron chi connectivity index (χ1n) is 8.01. The van der Waals surface area contributed by atoms with Crippen LogP contribution in [0.25, 0.3) is 0 Å². The number of nitrogens with zero attached hydrogens (tertiary/aromatic N) is 5. The maximum Gasteiger partial charge on any atom is 0.359 e. The van der Waals surface area contributed by atoms with E-state index in [0.29, 0.717) is 24.8 Å². The Kier molecular flexibility index (Phi) is 4.84. The summed E-state index contributed by atoms with van der Waals surface area (Å²) in [5.41, 5.74) is 2.42. The van der Waals surface area contributed by atoms with Crippen molar-refractivity contribution in [2.24, 2.45) is 0 Å². The van der Waals surface area contributed by atoms with E-state index >= 15 is 0 Å². The van der Waals surface area contributed by atoms with E-state index in [9.17, 15) is 4.79 Å². The van der Waals surface area contributed by atoms with Crippen LogP contribution < -0.4 is 4.90 Å². The van der Waals surface area contributed by atoms with Crippen LogP contribution in [0.15, 0.2) is 16.9 Å². The fourth-order valence-electron chi connectivity index (χ4n) is 2.88. The Hall–Kier alpha value is -1.96. The number of ether oxygens (including phenoxy) is 1. The molecule has 0 fully saturated rings. The van der Waals surface area contributed by atoms with E-state index in [1.807, 2.05) is 4.68 Å². The average molecular weight is 394 g/mol. The van der Waals surface area contributed by atoms with Crippen LogP contribution in [0.5, 0.6) is 0 Å². The number of anilines is 1. The minimum Gasteiger partial charge on any atom is -0.461 e. The van der Waals surface area contributed by atoms with E-state index in [1.165, 1.54) is 0 Å². The third-order valence-electron chi connectivity index (χ3n) is 3.93. The Balaban J connectivity index is 1.96. The number of rotatable bonds is 4. The molecule has 0 spiro atoms. The summed E-state index contributed by atoms with van der Waals surface area (Å²) in [5, 5.41) is 4.52. The summed E-state index contributed by atoms with van der Waals surface area (Å²) in [6.45, 7) is 7.60. The molecule has 24 heavy (non-hydrogen) atoms. The second-order valence-corrected chi connectivity index (χ2v) is 6.82. The number of halogens is 1. The SMILES string of the molecule is CCOC(=O)c1nn(C(C)C)c2c1CN(c1ncc(Br)cn1)CC2. The van der Waals surface area contributed by atoms with Crippen molar-refractivity contribution in [3.8, 4) is 0 Å². The summed E-state index contributed by atoms with van der Waals surface area (Å²) in [5.74, 6) is 0.280. The van der Waals surface area contributed by atoms with E-state index in [1.54, 1.807) is 19.3 Å². The van der Waals surface area contributed by atoms with E-state index in [-0.39, 0.29) is 12.0 Å². The fourth-order valence-corrected chi connectivity index (χ4v) is 3.08. The monoisotopic (exact) mass is 393 g/mol. The van der Waals surface area contributed by atoms with E-state index < -0.39 is 0 Å². The minimum absolute atomic E-state index is 0.192. The van der Waals surface area contributed by atoms with Gasteiger partial charge in [-0.2, -0.15) is 5.10 Å². The largest absolute Gasteiger partial charge is 0.461 e. The fraction of sp³-hybridized carbons (Fsp3) is 0.500. The molecule has 0 aliphatic carbocycles. The second kappa shape index (κ2) is 6.88. The smallest absolute Gasteiger partial charge is 0.359 e. The van der Waals surface area contributed by atoms with Crippen LogP contribution in [0.4, 0.5) is 5.95 Å². The van der Waals surface area contributed by atoms with Crippen LogP contribution in [0.2, 0.25) is 0 Å². The topological polar surface area (TPSA) is 73.1 Å². The molecule has 2 aromatic rings. The third kappa shape index (κ3) is 3.15. The van der Waals surface area contributed by atoms with Crippen molar-refractivity contribution in [3.05, 3.63) is 33.8 Å². The standard InChI is InChI=1S/C16H20BrN5O2/c1-4-24-15(23)14-12-9-21(16-18-7-11(17)8-19-16)6-5-13(12)22(20-14)10(2)3/h7-8,10H,4-6,9H2,1-3H3. The highest BCUT2D eigenvalue weighted by Crippen LogP contribution is 2.27. The predicted molar refractivity (Wildman–Crippen MR) is 93.1 cm³/mol. The van der Waals surface area contributed by atoms with Crippen molar-refractivity contribution >= 4 is 27.8 Å². The second-order valence-electron chi connectivity index (χ2n) is 5.91. The molecule has 0 atom stereocenters. The molecule has 0 saturated carbocycles. The van der Waals surface area contributed by atoms with Crippen LogP contribution >= 0.6 is 15.9 Å². The molecule has 3 rings (SSSR count). The molecule has 0 bridgehead atoms. The number of carbonyl (C=O) groups is 1. The van der Waals surface area contributed by atoms with Crippen LogP contribution in [0, 0.1) is 0 Å². The Morgan fingerprint density at radius 1 is 1.38 bits per heavy atom. The first kappa shape index (κ1) is 16.9. The number of esters is 1. The van der Waals surface area contributed by atoms with Gasteiger partial charge >= 0.3 is 5.97 Å². The molecule has 0 saturated heterocycles. The summed E-state index contributed by atoms with van der Waals surface area (Å²) in [6, 6.07) is 0.192. The van der Waals surface area contributed by atoms with E-state index in [0.717, 1.165) is 28.7 Å². The van der Waals surface area contributed by atoms with Crippen molar-refractivity contribution in [3.63, 3.8) is 0 Å². The molecule has 3 heterocycles. The molecular formula is C16H20BrN5O2. The summed E-state index contributed by atoms with van der Waals surface area (Å²) < 4.78 is 7.94. The van der Waals surface area contributed by atoms with Crippen LogP contribution in [-0.4, -0.2) is 38.9 Å². The Labute approximate surface area is 149 Å². The lowest BCUT2D eigenvalue weighted by Gasteiger charge is -2.28. The van der Waals surface area contributed by atoms with Gasteiger partial charge in [0.25, 0.3) is 0 Å². The molecule has 7 nitrogen and oxygen atoms in total. The van der Waals surface area contributed by atoms with E-state index in [4.69, 9.17) is 4.74 Å². The number of hydrogen-bond donors (Lipinski definition) is 0. The highest BCUT2D eigenvalue weighted by molar-refractivity contribution is 9.10. The molecule has 0 radical (unpaired) electrons. The quantitative estimate of drug-likeness (QED) is 0.743. The highest BCUT2D eigenvalue weighted by Gasteiger charge is 2.30. The lowest BCUT2D eigenvalue weighted by atomic mass is 10.0. The molecule has 8 heteroatoms. The van der Waals surface area contributed by atoms with Crippen molar-refractivity contribution in [1.82, 2.24) is 19.7 Å². The van der Waals surface area contributed by atoms with Gasteiger partial charge in [0.2, 0.25) is 5.95 Å². The number of hydrogen-bond acceptors (Lipinski definition) is 6. The maximum absolute atomic E-state index is 12.3. The summed E-state index contributed by atoms with van der Waals surface area (Å²) in [6.07, 6.45) is 4.24. The Morgan fingerprint density at radius 2 is 2.08 bits per heavy atom. The lowest BCUT2D eigenvalue weighted by Crippen LogP contribution is -2.33.